The van der Waals surface area contributed by atoms with Gasteiger partial charge in [0.25, 0.3) is 0 Å². The number of anilines is 1. The third kappa shape index (κ3) is 4.20. The Morgan fingerprint density at radius 1 is 1.29 bits per heavy atom. The number of hydrogen-bond donors (Lipinski definition) is 1. The topological polar surface area (TPSA) is 87.8 Å². The van der Waals surface area contributed by atoms with Gasteiger partial charge in [-0.1, -0.05) is 11.6 Å². The van der Waals surface area contributed by atoms with Gasteiger partial charge in [0.2, 0.25) is 0 Å². The number of aromatic nitrogens is 2. The summed E-state index contributed by atoms with van der Waals surface area (Å²) in [7, 11) is 1.51. The van der Waals surface area contributed by atoms with Crippen molar-refractivity contribution in [3.05, 3.63) is 26.0 Å². The number of piperazine rings is 1. The van der Waals surface area contributed by atoms with Crippen molar-refractivity contribution in [2.45, 2.75) is 26.4 Å². The fourth-order valence-corrected chi connectivity index (χ4v) is 3.72. The van der Waals surface area contributed by atoms with E-state index in [1.165, 1.54) is 7.11 Å². The van der Waals surface area contributed by atoms with Gasteiger partial charge in [0.15, 0.2) is 5.75 Å². The Labute approximate surface area is 175 Å². The lowest BCUT2D eigenvalue weighted by Crippen LogP contribution is -2.50. The Bertz CT molecular complexity index is 965. The summed E-state index contributed by atoms with van der Waals surface area (Å²) in [5.41, 5.74) is -0.507. The van der Waals surface area contributed by atoms with Crippen LogP contribution in [0.25, 0.3) is 10.9 Å². The summed E-state index contributed by atoms with van der Waals surface area (Å²) >= 11 is 9.70. The van der Waals surface area contributed by atoms with E-state index in [1.807, 2.05) is 25.7 Å². The molecule has 0 spiro atoms. The van der Waals surface area contributed by atoms with Crippen LogP contribution in [0, 0.1) is 0 Å². The van der Waals surface area contributed by atoms with Gasteiger partial charge in [-0.2, -0.15) is 4.98 Å². The van der Waals surface area contributed by atoms with Crippen molar-refractivity contribution in [1.29, 1.82) is 0 Å². The molecule has 0 bridgehead atoms. The predicted molar refractivity (Wildman–Crippen MR) is 112 cm³/mol. The Morgan fingerprint density at radius 3 is 2.50 bits per heavy atom. The number of H-pyrrole nitrogens is 1. The van der Waals surface area contributed by atoms with E-state index in [-0.39, 0.29) is 6.09 Å². The quantitative estimate of drug-likeness (QED) is 0.719. The van der Waals surface area contributed by atoms with Crippen LogP contribution < -0.4 is 15.3 Å². The maximum Gasteiger partial charge on any atom is 0.410 e. The molecule has 0 aliphatic carbocycles. The van der Waals surface area contributed by atoms with Crippen LogP contribution in [0.5, 0.6) is 5.75 Å². The number of fused-ring (bicyclic) bond motifs is 1. The smallest absolute Gasteiger partial charge is 0.410 e. The number of nitrogens with one attached hydrogen (secondary N) is 1. The van der Waals surface area contributed by atoms with Gasteiger partial charge in [0.05, 0.1) is 22.1 Å². The van der Waals surface area contributed by atoms with Crippen LogP contribution in [0.4, 0.5) is 10.6 Å². The van der Waals surface area contributed by atoms with E-state index in [2.05, 4.69) is 25.9 Å². The minimum atomic E-state index is -0.542. The molecule has 28 heavy (non-hydrogen) atoms. The third-order valence-electron chi connectivity index (χ3n) is 4.29. The summed E-state index contributed by atoms with van der Waals surface area (Å²) < 4.78 is 11.4. The van der Waals surface area contributed by atoms with Gasteiger partial charge >= 0.3 is 11.8 Å². The second-order valence-corrected chi connectivity index (χ2v) is 8.65. The van der Waals surface area contributed by atoms with E-state index >= 15 is 0 Å². The Kier molecular flexibility index (Phi) is 5.77. The molecule has 1 aliphatic rings. The van der Waals surface area contributed by atoms with Crippen molar-refractivity contribution in [2.75, 3.05) is 38.2 Å². The number of ether oxygens (including phenoxy) is 2. The number of nitrogens with zero attached hydrogens (tertiary/aromatic N) is 3. The Hall–Kier alpha value is -2.00. The number of methoxy groups -OCH3 is 1. The summed E-state index contributed by atoms with van der Waals surface area (Å²) in [6, 6.07) is 1.74. The number of carbonyl (C=O) groups is 1. The summed E-state index contributed by atoms with van der Waals surface area (Å²) in [6.45, 7) is 7.47. The van der Waals surface area contributed by atoms with Crippen molar-refractivity contribution < 1.29 is 14.3 Å². The maximum atomic E-state index is 12.3. The van der Waals surface area contributed by atoms with E-state index in [0.29, 0.717) is 58.1 Å². The number of benzene rings is 1. The third-order valence-corrected chi connectivity index (χ3v) is 5.61. The highest BCUT2D eigenvalue weighted by molar-refractivity contribution is 9.10. The molecule has 0 saturated carbocycles. The minimum Gasteiger partial charge on any atom is -0.493 e. The lowest BCUT2D eigenvalue weighted by Gasteiger charge is -2.36. The standard InChI is InChI=1S/C18H22BrClN4O4/c1-18(2,3)28-17(26)24-7-5-23(6-8-24)15-10-9-11(20)12(19)14(27-4)13(10)21-16(25)22-15/h9H,5-8H2,1-4H3,(H,21,22,25). The predicted octanol–water partition coefficient (Wildman–Crippen LogP) is 3.40. The highest BCUT2D eigenvalue weighted by Gasteiger charge is 2.28. The molecule has 1 N–H and O–H groups in total. The molecule has 1 aromatic heterocycles. The maximum absolute atomic E-state index is 12.3. The highest BCUT2D eigenvalue weighted by Crippen LogP contribution is 2.40. The summed E-state index contributed by atoms with van der Waals surface area (Å²) in [4.78, 5) is 34.9. The van der Waals surface area contributed by atoms with E-state index < -0.39 is 11.3 Å². The molecule has 1 saturated heterocycles. The van der Waals surface area contributed by atoms with Crippen LogP contribution in [-0.4, -0.2) is 59.9 Å². The molecule has 1 aliphatic heterocycles. The largest absolute Gasteiger partial charge is 0.493 e. The van der Waals surface area contributed by atoms with Crippen LogP contribution in [0.3, 0.4) is 0 Å². The zero-order chi connectivity index (χ0) is 20.6. The van der Waals surface area contributed by atoms with Crippen molar-refractivity contribution in [3.63, 3.8) is 0 Å². The number of carbonyl (C=O) groups excluding carboxylic acids is 1. The van der Waals surface area contributed by atoms with E-state index in [0.717, 1.165) is 0 Å². The molecule has 1 amide bonds. The van der Waals surface area contributed by atoms with Crippen LogP contribution in [0.2, 0.25) is 5.02 Å². The molecule has 10 heteroatoms. The fourth-order valence-electron chi connectivity index (χ4n) is 3.05. The second-order valence-electron chi connectivity index (χ2n) is 7.45. The first-order valence-electron chi connectivity index (χ1n) is 8.79. The molecule has 1 fully saturated rings. The normalized spacial score (nSPS) is 15.1. The monoisotopic (exact) mass is 472 g/mol. The van der Waals surface area contributed by atoms with Crippen LogP contribution >= 0.6 is 27.5 Å². The molecule has 0 atom stereocenters. The number of amides is 1. The molecule has 3 rings (SSSR count). The van der Waals surface area contributed by atoms with E-state index in [4.69, 9.17) is 21.1 Å². The lowest BCUT2D eigenvalue weighted by atomic mass is 10.2. The number of aromatic amines is 1. The van der Waals surface area contributed by atoms with Gasteiger partial charge in [0.1, 0.15) is 11.4 Å². The lowest BCUT2D eigenvalue weighted by molar-refractivity contribution is 0.0240. The van der Waals surface area contributed by atoms with Gasteiger partial charge in [-0.25, -0.2) is 9.59 Å². The summed E-state index contributed by atoms with van der Waals surface area (Å²) in [5.74, 6) is 0.950. The highest BCUT2D eigenvalue weighted by atomic mass is 79.9. The molecule has 0 unspecified atom stereocenters. The zero-order valence-corrected chi connectivity index (χ0v) is 18.5. The summed E-state index contributed by atoms with van der Waals surface area (Å²) in [5, 5.41) is 1.13. The van der Waals surface area contributed by atoms with Crippen LogP contribution in [-0.2, 0) is 4.74 Å². The first-order chi connectivity index (χ1) is 13.1. The van der Waals surface area contributed by atoms with E-state index in [9.17, 15) is 9.59 Å². The molecule has 2 heterocycles. The van der Waals surface area contributed by atoms with Crippen molar-refractivity contribution in [2.24, 2.45) is 0 Å². The molecule has 152 valence electrons. The first-order valence-corrected chi connectivity index (χ1v) is 9.96. The number of hydrogen-bond acceptors (Lipinski definition) is 6. The van der Waals surface area contributed by atoms with Gasteiger partial charge < -0.3 is 24.3 Å². The SMILES string of the molecule is COc1c(Br)c(Cl)cc2c(N3CCN(C(=O)OC(C)(C)C)CC3)nc(=O)[nH]c12. The average Bonchev–Trinajstić information content (AvgIpc) is 2.61. The van der Waals surface area contributed by atoms with Gasteiger partial charge in [0, 0.05) is 31.6 Å². The molecule has 0 radical (unpaired) electrons. The van der Waals surface area contributed by atoms with Gasteiger partial charge in [-0.3, -0.25) is 0 Å². The Morgan fingerprint density at radius 2 is 1.93 bits per heavy atom. The fraction of sp³-hybridized carbons (Fsp3) is 0.500. The molecular formula is C18H22BrClN4O4. The van der Waals surface area contributed by atoms with Gasteiger partial charge in [-0.15, -0.1) is 0 Å². The average molecular weight is 474 g/mol. The number of halogens is 2. The minimum absolute atomic E-state index is 0.343. The van der Waals surface area contributed by atoms with Crippen molar-refractivity contribution in [1.82, 2.24) is 14.9 Å². The van der Waals surface area contributed by atoms with Crippen LogP contribution in [0.1, 0.15) is 20.8 Å². The number of rotatable bonds is 2. The molecule has 1 aromatic carbocycles. The second kappa shape index (κ2) is 7.79. The molecule has 2 aromatic rings. The Balaban J connectivity index is 1.90. The molecular weight excluding hydrogens is 452 g/mol. The summed E-state index contributed by atoms with van der Waals surface area (Å²) in [6.07, 6.45) is -0.343. The zero-order valence-electron chi connectivity index (χ0n) is 16.1. The molecule has 8 nitrogen and oxygen atoms in total. The van der Waals surface area contributed by atoms with Crippen LogP contribution in [0.15, 0.2) is 15.3 Å². The van der Waals surface area contributed by atoms with Crippen molar-refractivity contribution in [3.8, 4) is 5.75 Å². The van der Waals surface area contributed by atoms with Crippen molar-refractivity contribution >= 4 is 50.3 Å². The van der Waals surface area contributed by atoms with E-state index in [1.54, 1.807) is 11.0 Å². The van der Waals surface area contributed by atoms with Gasteiger partial charge in [-0.05, 0) is 42.8 Å². The first kappa shape index (κ1) is 20.7.